The Morgan fingerprint density at radius 2 is 1.81 bits per heavy atom. The first-order chi connectivity index (χ1) is 13.1. The third kappa shape index (κ3) is 3.74. The molecule has 0 saturated heterocycles. The number of ether oxygens (including phenoxy) is 3. The molecule has 2 aromatic rings. The molecule has 0 bridgehead atoms. The fourth-order valence-corrected chi connectivity index (χ4v) is 3.28. The van der Waals surface area contributed by atoms with Crippen LogP contribution in [-0.2, 0) is 11.2 Å². The molecule has 6 heteroatoms. The average Bonchev–Trinajstić information content (AvgIpc) is 2.70. The number of aryl methyl sites for hydroxylation is 1. The molecule has 1 amide bonds. The summed E-state index contributed by atoms with van der Waals surface area (Å²) in [5, 5.41) is 0. The number of fused-ring (bicyclic) bond motifs is 1. The van der Waals surface area contributed by atoms with Crippen LogP contribution in [0, 0.1) is 5.82 Å². The maximum absolute atomic E-state index is 14.3. The van der Waals surface area contributed by atoms with E-state index < -0.39 is 0 Å². The quantitative estimate of drug-likeness (QED) is 0.749. The van der Waals surface area contributed by atoms with Gasteiger partial charge in [0.15, 0.2) is 11.5 Å². The summed E-state index contributed by atoms with van der Waals surface area (Å²) in [6.07, 6.45) is 4.66. The summed E-state index contributed by atoms with van der Waals surface area (Å²) in [5.74, 6) is 0.837. The van der Waals surface area contributed by atoms with Gasteiger partial charge in [-0.25, -0.2) is 4.39 Å². The van der Waals surface area contributed by atoms with Crippen molar-refractivity contribution in [2.45, 2.75) is 12.8 Å². The van der Waals surface area contributed by atoms with Gasteiger partial charge in [0.25, 0.3) is 5.91 Å². The number of anilines is 1. The predicted octanol–water partition coefficient (Wildman–Crippen LogP) is 3.84. The number of methoxy groups -OCH3 is 3. The molecule has 0 saturated carbocycles. The Morgan fingerprint density at radius 3 is 2.44 bits per heavy atom. The zero-order chi connectivity index (χ0) is 19.4. The first-order valence-electron chi connectivity index (χ1n) is 8.66. The zero-order valence-electron chi connectivity index (χ0n) is 15.6. The summed E-state index contributed by atoms with van der Waals surface area (Å²) in [6, 6.07) is 8.41. The Labute approximate surface area is 158 Å². The number of rotatable bonds is 5. The molecule has 1 aliphatic rings. The molecular weight excluding hydrogens is 349 g/mol. The van der Waals surface area contributed by atoms with Crippen molar-refractivity contribution in [1.82, 2.24) is 0 Å². The first kappa shape index (κ1) is 18.8. The monoisotopic (exact) mass is 371 g/mol. The lowest BCUT2D eigenvalue weighted by Gasteiger charge is -2.28. The van der Waals surface area contributed by atoms with Crippen LogP contribution in [0.4, 0.5) is 10.1 Å². The van der Waals surface area contributed by atoms with Crippen molar-refractivity contribution in [3.63, 3.8) is 0 Å². The molecule has 3 rings (SSSR count). The summed E-state index contributed by atoms with van der Waals surface area (Å²) < 4.78 is 30.2. The number of hydrogen-bond acceptors (Lipinski definition) is 4. The lowest BCUT2D eigenvalue weighted by molar-refractivity contribution is -0.114. The number of carbonyl (C=O) groups is 1. The van der Waals surface area contributed by atoms with Crippen molar-refractivity contribution >= 4 is 17.7 Å². The van der Waals surface area contributed by atoms with E-state index in [0.29, 0.717) is 35.0 Å². The van der Waals surface area contributed by atoms with Crippen molar-refractivity contribution in [2.24, 2.45) is 0 Å². The predicted molar refractivity (Wildman–Crippen MR) is 102 cm³/mol. The largest absolute Gasteiger partial charge is 0.493 e. The highest BCUT2D eigenvalue weighted by molar-refractivity contribution is 6.04. The molecule has 0 spiro atoms. The highest BCUT2D eigenvalue weighted by Gasteiger charge is 2.24. The lowest BCUT2D eigenvalue weighted by atomic mass is 10.0. The number of benzene rings is 2. The fourth-order valence-electron chi connectivity index (χ4n) is 3.28. The van der Waals surface area contributed by atoms with Crippen LogP contribution in [0.3, 0.4) is 0 Å². The van der Waals surface area contributed by atoms with E-state index in [2.05, 4.69) is 0 Å². The molecule has 0 atom stereocenters. The Bertz CT molecular complexity index is 853. The maximum Gasteiger partial charge on any atom is 0.251 e. The summed E-state index contributed by atoms with van der Waals surface area (Å²) in [4.78, 5) is 14.2. The number of halogens is 1. The Morgan fingerprint density at radius 1 is 1.11 bits per heavy atom. The zero-order valence-corrected chi connectivity index (χ0v) is 15.6. The lowest BCUT2D eigenvalue weighted by Crippen LogP contribution is -2.35. The minimum Gasteiger partial charge on any atom is -0.493 e. The van der Waals surface area contributed by atoms with Gasteiger partial charge in [-0.3, -0.25) is 4.79 Å². The number of para-hydroxylation sites is 1. The Balaban J connectivity index is 1.89. The van der Waals surface area contributed by atoms with E-state index >= 15 is 0 Å². The van der Waals surface area contributed by atoms with Gasteiger partial charge in [0, 0.05) is 12.6 Å². The molecule has 0 fully saturated rings. The number of amides is 1. The molecule has 0 radical (unpaired) electrons. The minimum absolute atomic E-state index is 0.269. The fraction of sp³-hybridized carbons (Fsp3) is 0.286. The van der Waals surface area contributed by atoms with Crippen LogP contribution in [-0.4, -0.2) is 33.8 Å². The molecule has 27 heavy (non-hydrogen) atoms. The van der Waals surface area contributed by atoms with Crippen LogP contribution >= 0.6 is 0 Å². The second-order valence-corrected chi connectivity index (χ2v) is 6.13. The van der Waals surface area contributed by atoms with Crippen molar-refractivity contribution in [1.29, 1.82) is 0 Å². The molecular formula is C21H22FNO4. The summed E-state index contributed by atoms with van der Waals surface area (Å²) in [5.41, 5.74) is 1.95. The summed E-state index contributed by atoms with van der Waals surface area (Å²) >= 11 is 0. The van der Waals surface area contributed by atoms with E-state index in [-0.39, 0.29) is 11.7 Å². The van der Waals surface area contributed by atoms with Gasteiger partial charge in [-0.05, 0) is 48.2 Å². The van der Waals surface area contributed by atoms with Gasteiger partial charge < -0.3 is 19.1 Å². The van der Waals surface area contributed by atoms with Crippen LogP contribution in [0.25, 0.3) is 6.08 Å². The molecule has 1 aliphatic heterocycles. The van der Waals surface area contributed by atoms with E-state index in [0.717, 1.165) is 18.4 Å². The molecule has 142 valence electrons. The van der Waals surface area contributed by atoms with Crippen LogP contribution in [0.2, 0.25) is 0 Å². The van der Waals surface area contributed by atoms with Gasteiger partial charge in [-0.2, -0.15) is 0 Å². The van der Waals surface area contributed by atoms with Gasteiger partial charge in [0.05, 0.1) is 27.0 Å². The molecule has 1 heterocycles. The second-order valence-electron chi connectivity index (χ2n) is 6.13. The van der Waals surface area contributed by atoms with E-state index in [1.54, 1.807) is 24.3 Å². The Hall–Kier alpha value is -3.02. The summed E-state index contributed by atoms with van der Waals surface area (Å²) in [6.45, 7) is 0.492. The third-order valence-corrected chi connectivity index (χ3v) is 4.54. The Kier molecular flexibility index (Phi) is 5.64. The topological polar surface area (TPSA) is 48.0 Å². The van der Waals surface area contributed by atoms with Gasteiger partial charge in [-0.1, -0.05) is 12.1 Å². The highest BCUT2D eigenvalue weighted by Crippen LogP contribution is 2.38. The molecule has 5 nitrogen and oxygen atoms in total. The standard InChI is InChI=1S/C21H22FNO4/c1-25-17-12-14(13-18(26-2)21(17)27-3)9-10-19(24)23-11-5-7-15-6-4-8-16(22)20(15)23/h4,6,8-10,12-13H,5,7,11H2,1-3H3/b10-9+. The average molecular weight is 371 g/mol. The molecule has 2 aromatic carbocycles. The van der Waals surface area contributed by atoms with E-state index in [1.807, 2.05) is 6.07 Å². The van der Waals surface area contributed by atoms with Crippen LogP contribution in [0.1, 0.15) is 17.5 Å². The number of nitrogens with zero attached hydrogens (tertiary/aromatic N) is 1. The van der Waals surface area contributed by atoms with Crippen molar-refractivity contribution in [3.8, 4) is 17.2 Å². The summed E-state index contributed by atoms with van der Waals surface area (Å²) in [7, 11) is 4.59. The van der Waals surface area contributed by atoms with Crippen molar-refractivity contribution in [2.75, 3.05) is 32.8 Å². The SMILES string of the molecule is COc1cc(/C=C/C(=O)N2CCCc3cccc(F)c32)cc(OC)c1OC. The highest BCUT2D eigenvalue weighted by atomic mass is 19.1. The van der Waals surface area contributed by atoms with E-state index in [1.165, 1.54) is 38.4 Å². The van der Waals surface area contributed by atoms with Gasteiger partial charge >= 0.3 is 0 Å². The number of hydrogen-bond donors (Lipinski definition) is 0. The van der Waals surface area contributed by atoms with Gasteiger partial charge in [0.1, 0.15) is 5.82 Å². The molecule has 0 aromatic heterocycles. The minimum atomic E-state index is -0.373. The van der Waals surface area contributed by atoms with Crippen LogP contribution in [0.5, 0.6) is 17.2 Å². The third-order valence-electron chi connectivity index (χ3n) is 4.54. The number of carbonyl (C=O) groups excluding carboxylic acids is 1. The second kappa shape index (κ2) is 8.12. The first-order valence-corrected chi connectivity index (χ1v) is 8.66. The smallest absolute Gasteiger partial charge is 0.251 e. The van der Waals surface area contributed by atoms with Crippen molar-refractivity contribution < 1.29 is 23.4 Å². The molecule has 0 N–H and O–H groups in total. The van der Waals surface area contributed by atoms with Crippen LogP contribution < -0.4 is 19.1 Å². The van der Waals surface area contributed by atoms with Gasteiger partial charge in [-0.15, -0.1) is 0 Å². The van der Waals surface area contributed by atoms with E-state index in [9.17, 15) is 9.18 Å². The normalized spacial score (nSPS) is 13.4. The van der Waals surface area contributed by atoms with Crippen LogP contribution in [0.15, 0.2) is 36.4 Å². The van der Waals surface area contributed by atoms with Crippen molar-refractivity contribution in [3.05, 3.63) is 53.4 Å². The molecule has 0 unspecified atom stereocenters. The van der Waals surface area contributed by atoms with E-state index in [4.69, 9.17) is 14.2 Å². The maximum atomic E-state index is 14.3. The molecule has 0 aliphatic carbocycles. The van der Waals surface area contributed by atoms with Gasteiger partial charge in [0.2, 0.25) is 5.75 Å².